The number of ether oxygens (including phenoxy) is 2. The van der Waals surface area contributed by atoms with Crippen molar-refractivity contribution in [2.75, 3.05) is 37.8 Å². The van der Waals surface area contributed by atoms with Crippen LogP contribution in [0.5, 0.6) is 5.75 Å². The molecule has 2 aliphatic heterocycles. The maximum absolute atomic E-state index is 12.5. The Kier molecular flexibility index (Phi) is 4.22. The summed E-state index contributed by atoms with van der Waals surface area (Å²) in [6, 6.07) is 5.06. The highest BCUT2D eigenvalue weighted by molar-refractivity contribution is 6.31. The fourth-order valence-corrected chi connectivity index (χ4v) is 2.84. The minimum atomic E-state index is -0.246. The Hall–Kier alpha value is -1.79. The van der Waals surface area contributed by atoms with E-state index in [-0.39, 0.29) is 31.0 Å². The topological polar surface area (TPSA) is 59.1 Å². The monoisotopic (exact) mass is 324 g/mol. The number of halogens is 1. The van der Waals surface area contributed by atoms with Crippen molar-refractivity contribution in [3.8, 4) is 5.75 Å². The third kappa shape index (κ3) is 2.89. The largest absolute Gasteiger partial charge is 0.482 e. The summed E-state index contributed by atoms with van der Waals surface area (Å²) in [7, 11) is 0. The molecule has 0 bridgehead atoms. The second kappa shape index (κ2) is 6.14. The van der Waals surface area contributed by atoms with Crippen LogP contribution in [0.15, 0.2) is 18.2 Å². The molecule has 2 aliphatic rings. The van der Waals surface area contributed by atoms with Gasteiger partial charge in [0.1, 0.15) is 12.3 Å². The average molecular weight is 325 g/mol. The quantitative estimate of drug-likeness (QED) is 0.823. The summed E-state index contributed by atoms with van der Waals surface area (Å²) < 4.78 is 10.7. The molecule has 1 aromatic rings. The van der Waals surface area contributed by atoms with Crippen molar-refractivity contribution in [2.24, 2.45) is 0 Å². The molecule has 2 heterocycles. The van der Waals surface area contributed by atoms with E-state index >= 15 is 0 Å². The van der Waals surface area contributed by atoms with Crippen LogP contribution in [-0.4, -0.2) is 55.7 Å². The molecule has 7 heteroatoms. The molecule has 1 fully saturated rings. The third-order valence-electron chi connectivity index (χ3n) is 3.85. The first-order chi connectivity index (χ1) is 10.6. The van der Waals surface area contributed by atoms with Crippen molar-refractivity contribution >= 4 is 29.1 Å². The smallest absolute Gasteiger partial charge is 0.265 e. The molecule has 0 aromatic heterocycles. The van der Waals surface area contributed by atoms with E-state index in [9.17, 15) is 9.59 Å². The van der Waals surface area contributed by atoms with E-state index in [1.165, 1.54) is 4.90 Å². The van der Waals surface area contributed by atoms with Crippen LogP contribution in [0.1, 0.15) is 6.92 Å². The Morgan fingerprint density at radius 3 is 3.05 bits per heavy atom. The summed E-state index contributed by atoms with van der Waals surface area (Å²) in [6.45, 7) is 3.44. The fraction of sp³-hybridized carbons (Fsp3) is 0.467. The zero-order valence-electron chi connectivity index (χ0n) is 12.3. The number of benzene rings is 1. The number of rotatable bonds is 2. The van der Waals surface area contributed by atoms with E-state index in [1.807, 2.05) is 6.92 Å². The number of hydrogen-bond donors (Lipinski definition) is 0. The molecule has 0 spiro atoms. The summed E-state index contributed by atoms with van der Waals surface area (Å²) in [4.78, 5) is 27.8. The van der Waals surface area contributed by atoms with Gasteiger partial charge in [0.2, 0.25) is 5.91 Å². The molecule has 118 valence electrons. The van der Waals surface area contributed by atoms with Gasteiger partial charge in [0.05, 0.1) is 24.9 Å². The predicted molar refractivity (Wildman–Crippen MR) is 81.3 cm³/mol. The summed E-state index contributed by atoms with van der Waals surface area (Å²) in [5.41, 5.74) is 0.540. The maximum atomic E-state index is 12.5. The molecule has 1 unspecified atom stereocenters. The third-order valence-corrected chi connectivity index (χ3v) is 4.08. The van der Waals surface area contributed by atoms with Crippen molar-refractivity contribution in [2.45, 2.75) is 13.0 Å². The molecule has 1 aromatic carbocycles. The first kappa shape index (κ1) is 15.1. The molecular formula is C15H17ClN2O4. The number of carbonyl (C=O) groups is 2. The van der Waals surface area contributed by atoms with E-state index in [1.54, 1.807) is 23.1 Å². The van der Waals surface area contributed by atoms with Crippen LogP contribution in [0.25, 0.3) is 0 Å². The van der Waals surface area contributed by atoms with Crippen LogP contribution in [0.3, 0.4) is 0 Å². The molecule has 0 radical (unpaired) electrons. The summed E-state index contributed by atoms with van der Waals surface area (Å²) in [5, 5.41) is 0.495. The molecule has 22 heavy (non-hydrogen) atoms. The lowest BCUT2D eigenvalue weighted by atomic mass is 10.2. The molecule has 1 atom stereocenters. The van der Waals surface area contributed by atoms with Gasteiger partial charge < -0.3 is 14.4 Å². The van der Waals surface area contributed by atoms with E-state index in [0.717, 1.165) is 0 Å². The van der Waals surface area contributed by atoms with Gasteiger partial charge in [-0.15, -0.1) is 0 Å². The summed E-state index contributed by atoms with van der Waals surface area (Å²) in [5.74, 6) is 0.216. The van der Waals surface area contributed by atoms with Gasteiger partial charge in [0.15, 0.2) is 6.61 Å². The fourth-order valence-electron chi connectivity index (χ4n) is 2.67. The first-order valence-electron chi connectivity index (χ1n) is 7.16. The van der Waals surface area contributed by atoms with Crippen LogP contribution in [0.2, 0.25) is 5.02 Å². The number of morpholine rings is 1. The highest BCUT2D eigenvalue weighted by Crippen LogP contribution is 2.34. The number of amides is 2. The van der Waals surface area contributed by atoms with Gasteiger partial charge in [-0.25, -0.2) is 0 Å². The molecule has 2 amide bonds. The number of nitrogens with zero attached hydrogens (tertiary/aromatic N) is 2. The average Bonchev–Trinajstić information content (AvgIpc) is 2.50. The number of carbonyl (C=O) groups excluding carboxylic acids is 2. The first-order valence-corrected chi connectivity index (χ1v) is 7.54. The zero-order chi connectivity index (χ0) is 15.7. The minimum Gasteiger partial charge on any atom is -0.482 e. The van der Waals surface area contributed by atoms with Gasteiger partial charge >= 0.3 is 0 Å². The number of hydrogen-bond acceptors (Lipinski definition) is 4. The normalized spacial score (nSPS) is 21.4. The van der Waals surface area contributed by atoms with Crippen molar-refractivity contribution in [3.05, 3.63) is 23.2 Å². The molecule has 6 nitrogen and oxygen atoms in total. The SMILES string of the molecule is CC1COCCN1C(=O)CN1C(=O)COc2ccc(Cl)cc21. The maximum Gasteiger partial charge on any atom is 0.265 e. The highest BCUT2D eigenvalue weighted by Gasteiger charge is 2.31. The Morgan fingerprint density at radius 1 is 1.45 bits per heavy atom. The van der Waals surface area contributed by atoms with Crippen LogP contribution < -0.4 is 9.64 Å². The Labute approximate surface area is 133 Å². The van der Waals surface area contributed by atoms with E-state index < -0.39 is 0 Å². The summed E-state index contributed by atoms with van der Waals surface area (Å²) in [6.07, 6.45) is 0. The molecule has 1 saturated heterocycles. The van der Waals surface area contributed by atoms with Crippen LogP contribution >= 0.6 is 11.6 Å². The molecule has 0 N–H and O–H groups in total. The van der Waals surface area contributed by atoms with Gasteiger partial charge in [0, 0.05) is 11.6 Å². The van der Waals surface area contributed by atoms with Crippen LogP contribution in [0.4, 0.5) is 5.69 Å². The highest BCUT2D eigenvalue weighted by atomic mass is 35.5. The van der Waals surface area contributed by atoms with Gasteiger partial charge in [-0.3, -0.25) is 14.5 Å². The Bertz CT molecular complexity index is 607. The Morgan fingerprint density at radius 2 is 2.27 bits per heavy atom. The van der Waals surface area contributed by atoms with Gasteiger partial charge in [-0.05, 0) is 25.1 Å². The second-order valence-electron chi connectivity index (χ2n) is 5.39. The lowest BCUT2D eigenvalue weighted by Crippen LogP contribution is -2.52. The van der Waals surface area contributed by atoms with E-state index in [0.29, 0.717) is 36.2 Å². The molecule has 0 saturated carbocycles. The van der Waals surface area contributed by atoms with Crippen molar-refractivity contribution < 1.29 is 19.1 Å². The number of anilines is 1. The van der Waals surface area contributed by atoms with Gasteiger partial charge in [-0.2, -0.15) is 0 Å². The second-order valence-corrected chi connectivity index (χ2v) is 5.83. The minimum absolute atomic E-state index is 0.0104. The van der Waals surface area contributed by atoms with Crippen molar-refractivity contribution in [3.63, 3.8) is 0 Å². The van der Waals surface area contributed by atoms with Gasteiger partial charge in [0.25, 0.3) is 5.91 Å². The molecule has 0 aliphatic carbocycles. The predicted octanol–water partition coefficient (Wildman–Crippen LogP) is 1.31. The Balaban J connectivity index is 1.81. The lowest BCUT2D eigenvalue weighted by Gasteiger charge is -2.36. The standard InChI is InChI=1S/C15H17ClN2O4/c1-10-8-21-5-4-17(10)14(19)7-18-12-6-11(16)2-3-13(12)22-9-15(18)20/h2-3,6,10H,4-5,7-9H2,1H3. The zero-order valence-corrected chi connectivity index (χ0v) is 13.0. The number of fused-ring (bicyclic) bond motifs is 1. The van der Waals surface area contributed by atoms with E-state index in [4.69, 9.17) is 21.1 Å². The summed E-state index contributed by atoms with van der Waals surface area (Å²) >= 11 is 5.99. The van der Waals surface area contributed by atoms with Crippen LogP contribution in [-0.2, 0) is 14.3 Å². The molecular weight excluding hydrogens is 308 g/mol. The van der Waals surface area contributed by atoms with Crippen molar-refractivity contribution in [1.29, 1.82) is 0 Å². The molecule has 3 rings (SSSR count). The lowest BCUT2D eigenvalue weighted by molar-refractivity contribution is -0.138. The van der Waals surface area contributed by atoms with Crippen molar-refractivity contribution in [1.82, 2.24) is 4.90 Å². The van der Waals surface area contributed by atoms with Gasteiger partial charge in [-0.1, -0.05) is 11.6 Å². The van der Waals surface area contributed by atoms with E-state index in [2.05, 4.69) is 0 Å². The van der Waals surface area contributed by atoms with Crippen LogP contribution in [0, 0.1) is 0 Å².